The highest BCUT2D eigenvalue weighted by atomic mass is 32.2. The second kappa shape index (κ2) is 8.43. The van der Waals surface area contributed by atoms with Crippen molar-refractivity contribution in [3.8, 4) is 0 Å². The lowest BCUT2D eigenvalue weighted by Crippen LogP contribution is -2.27. The van der Waals surface area contributed by atoms with Gasteiger partial charge in [-0.25, -0.2) is 9.50 Å². The van der Waals surface area contributed by atoms with Crippen molar-refractivity contribution in [3.05, 3.63) is 46.8 Å². The predicted molar refractivity (Wildman–Crippen MR) is 116 cm³/mol. The number of carbonyl (C=O) groups excluding carboxylic acids is 2. The number of hydrogen-bond donors (Lipinski definition) is 1. The number of thioether (sulfide) groups is 1. The summed E-state index contributed by atoms with van der Waals surface area (Å²) in [6.45, 7) is 5.43. The summed E-state index contributed by atoms with van der Waals surface area (Å²) in [5.41, 5.74) is 3.76. The van der Waals surface area contributed by atoms with Crippen LogP contribution in [0.2, 0.25) is 0 Å². The summed E-state index contributed by atoms with van der Waals surface area (Å²) in [5.74, 6) is 0.441. The Morgan fingerprint density at radius 2 is 1.80 bits per heavy atom. The van der Waals surface area contributed by atoms with Gasteiger partial charge in [0.05, 0.1) is 6.42 Å². The Morgan fingerprint density at radius 3 is 2.47 bits per heavy atom. The van der Waals surface area contributed by atoms with Crippen molar-refractivity contribution in [3.63, 3.8) is 0 Å². The summed E-state index contributed by atoms with van der Waals surface area (Å²) >= 11 is 1.45. The Bertz CT molecular complexity index is 1100. The lowest BCUT2D eigenvalue weighted by molar-refractivity contribution is -0.115. The van der Waals surface area contributed by atoms with Gasteiger partial charge in [0.25, 0.3) is 11.7 Å². The van der Waals surface area contributed by atoms with E-state index >= 15 is 0 Å². The molecule has 1 aliphatic rings. The minimum Gasteiger partial charge on any atom is -0.339 e. The predicted octanol–water partition coefficient (Wildman–Crippen LogP) is 2.88. The summed E-state index contributed by atoms with van der Waals surface area (Å²) in [7, 11) is 0. The number of carbonyl (C=O) groups is 2. The number of amides is 2. The molecule has 1 N–H and O–H groups in total. The van der Waals surface area contributed by atoms with Gasteiger partial charge in [-0.15, -0.1) is 5.10 Å². The van der Waals surface area contributed by atoms with Crippen LogP contribution in [0.3, 0.4) is 0 Å². The molecular formula is C21H24N6O2S. The third kappa shape index (κ3) is 4.02. The molecule has 0 aliphatic carbocycles. The van der Waals surface area contributed by atoms with Crippen LogP contribution in [0.15, 0.2) is 29.4 Å². The normalized spacial score (nSPS) is 13.8. The van der Waals surface area contributed by atoms with E-state index in [-0.39, 0.29) is 18.2 Å². The second-order valence-electron chi connectivity index (χ2n) is 7.37. The number of aromatic nitrogens is 4. The first-order valence-corrected chi connectivity index (χ1v) is 11.1. The Morgan fingerprint density at radius 1 is 1.10 bits per heavy atom. The number of rotatable bonds is 5. The Labute approximate surface area is 179 Å². The summed E-state index contributed by atoms with van der Waals surface area (Å²) in [6, 6.07) is 7.06. The number of nitrogens with one attached hydrogen (secondary N) is 1. The molecule has 3 heterocycles. The van der Waals surface area contributed by atoms with Gasteiger partial charge in [0.15, 0.2) is 0 Å². The topological polar surface area (TPSA) is 92.5 Å². The number of fused-ring (bicyclic) bond motifs is 1. The Kier molecular flexibility index (Phi) is 5.72. The van der Waals surface area contributed by atoms with E-state index in [0.29, 0.717) is 22.2 Å². The van der Waals surface area contributed by atoms with Gasteiger partial charge >= 0.3 is 0 Å². The van der Waals surface area contributed by atoms with Gasteiger partial charge < -0.3 is 10.2 Å². The van der Waals surface area contributed by atoms with E-state index in [9.17, 15) is 9.59 Å². The van der Waals surface area contributed by atoms with Crippen LogP contribution in [0.4, 0.5) is 5.69 Å². The molecule has 3 aromatic rings. The molecule has 9 heteroatoms. The van der Waals surface area contributed by atoms with Gasteiger partial charge in [0.2, 0.25) is 11.1 Å². The van der Waals surface area contributed by atoms with Crippen LogP contribution in [0.1, 0.15) is 40.2 Å². The average Bonchev–Trinajstić information content (AvgIpc) is 3.41. The minimum absolute atomic E-state index is 0.0495. The van der Waals surface area contributed by atoms with E-state index in [1.54, 1.807) is 28.8 Å². The van der Waals surface area contributed by atoms with Gasteiger partial charge in [-0.05, 0) is 57.2 Å². The number of nitrogens with zero attached hydrogens (tertiary/aromatic N) is 5. The van der Waals surface area contributed by atoms with Gasteiger partial charge in [-0.2, -0.15) is 4.98 Å². The zero-order valence-corrected chi connectivity index (χ0v) is 18.1. The van der Waals surface area contributed by atoms with Crippen LogP contribution in [-0.2, 0) is 11.2 Å². The smallest absolute Gasteiger partial charge is 0.253 e. The van der Waals surface area contributed by atoms with Gasteiger partial charge in [-0.1, -0.05) is 11.8 Å². The number of anilines is 1. The fourth-order valence-electron chi connectivity index (χ4n) is 3.70. The van der Waals surface area contributed by atoms with E-state index in [0.717, 1.165) is 42.9 Å². The highest BCUT2D eigenvalue weighted by molar-refractivity contribution is 7.98. The lowest BCUT2D eigenvalue weighted by atomic mass is 10.1. The number of aryl methyl sites for hydroxylation is 2. The molecule has 0 bridgehead atoms. The van der Waals surface area contributed by atoms with E-state index in [1.165, 1.54) is 11.8 Å². The van der Waals surface area contributed by atoms with E-state index in [4.69, 9.17) is 0 Å². The van der Waals surface area contributed by atoms with E-state index in [1.807, 2.05) is 25.0 Å². The first-order valence-electron chi connectivity index (χ1n) is 9.92. The molecule has 1 aromatic carbocycles. The van der Waals surface area contributed by atoms with Crippen molar-refractivity contribution < 1.29 is 9.59 Å². The van der Waals surface area contributed by atoms with E-state index in [2.05, 4.69) is 20.4 Å². The first-order chi connectivity index (χ1) is 14.5. The molecule has 1 saturated heterocycles. The number of likely N-dealkylation sites (tertiary alicyclic amines) is 1. The van der Waals surface area contributed by atoms with Gasteiger partial charge in [0, 0.05) is 41.3 Å². The molecule has 0 spiro atoms. The molecule has 156 valence electrons. The van der Waals surface area contributed by atoms with Crippen LogP contribution >= 0.6 is 11.8 Å². The molecule has 1 aliphatic heterocycles. The van der Waals surface area contributed by atoms with Gasteiger partial charge in [-0.3, -0.25) is 9.59 Å². The van der Waals surface area contributed by atoms with E-state index < -0.39 is 0 Å². The number of hydrogen-bond acceptors (Lipinski definition) is 6. The van der Waals surface area contributed by atoms with Crippen LogP contribution in [0, 0.1) is 13.8 Å². The molecule has 0 saturated carbocycles. The fourth-order valence-corrected chi connectivity index (χ4v) is 4.03. The maximum Gasteiger partial charge on any atom is 0.253 e. The molecule has 0 radical (unpaired) electrons. The molecule has 2 amide bonds. The van der Waals surface area contributed by atoms with Gasteiger partial charge in [0.1, 0.15) is 0 Å². The van der Waals surface area contributed by atoms with Crippen molar-refractivity contribution >= 4 is 35.0 Å². The van der Waals surface area contributed by atoms with Crippen LogP contribution in [-0.4, -0.2) is 55.6 Å². The first kappa shape index (κ1) is 20.3. The molecule has 1 fully saturated rings. The zero-order valence-electron chi connectivity index (χ0n) is 17.3. The average molecular weight is 425 g/mol. The summed E-state index contributed by atoms with van der Waals surface area (Å²) in [5, 5.41) is 7.97. The van der Waals surface area contributed by atoms with Crippen molar-refractivity contribution in [2.75, 3.05) is 24.7 Å². The third-order valence-corrected chi connectivity index (χ3v) is 5.90. The van der Waals surface area contributed by atoms with Crippen LogP contribution in [0.5, 0.6) is 0 Å². The van der Waals surface area contributed by atoms with Crippen molar-refractivity contribution in [2.45, 2.75) is 38.3 Å². The minimum atomic E-state index is -0.147. The molecule has 0 unspecified atom stereocenters. The zero-order chi connectivity index (χ0) is 21.3. The monoisotopic (exact) mass is 424 g/mol. The molecule has 2 aromatic heterocycles. The van der Waals surface area contributed by atoms with Crippen LogP contribution < -0.4 is 5.32 Å². The summed E-state index contributed by atoms with van der Waals surface area (Å²) < 4.78 is 1.68. The Balaban J connectivity index is 1.46. The Hall–Kier alpha value is -2.94. The van der Waals surface area contributed by atoms with Crippen LogP contribution in [0.25, 0.3) is 5.78 Å². The number of benzene rings is 1. The van der Waals surface area contributed by atoms with Crippen molar-refractivity contribution in [1.82, 2.24) is 24.5 Å². The highest BCUT2D eigenvalue weighted by Crippen LogP contribution is 2.19. The third-order valence-electron chi connectivity index (χ3n) is 5.36. The molecule has 4 rings (SSSR count). The maximum absolute atomic E-state index is 12.6. The second-order valence-corrected chi connectivity index (χ2v) is 8.15. The summed E-state index contributed by atoms with van der Waals surface area (Å²) in [6.07, 6.45) is 4.22. The highest BCUT2D eigenvalue weighted by Gasteiger charge is 2.20. The quantitative estimate of drug-likeness (QED) is 0.633. The fraction of sp³-hybridized carbons (Fsp3) is 0.381. The maximum atomic E-state index is 12.6. The molecule has 0 atom stereocenters. The molecular weight excluding hydrogens is 400 g/mol. The summed E-state index contributed by atoms with van der Waals surface area (Å²) in [4.78, 5) is 35.8. The van der Waals surface area contributed by atoms with Crippen molar-refractivity contribution in [1.29, 1.82) is 0 Å². The van der Waals surface area contributed by atoms with Crippen molar-refractivity contribution in [2.24, 2.45) is 0 Å². The standard InChI is InChI=1S/C21H24N6O2S/c1-13-17(14(2)27-20(22-13)24-21(25-27)30-3)12-18(28)23-16-8-6-15(7-9-16)19(29)26-10-4-5-11-26/h6-9H,4-5,10-12H2,1-3H3,(H,23,28). The molecule has 30 heavy (non-hydrogen) atoms. The largest absolute Gasteiger partial charge is 0.339 e. The lowest BCUT2D eigenvalue weighted by Gasteiger charge is -2.15. The molecule has 8 nitrogen and oxygen atoms in total. The SMILES string of the molecule is CSc1nc2nc(C)c(CC(=O)Nc3ccc(C(=O)N4CCCC4)cc3)c(C)n2n1.